The number of nitrogens with zero attached hydrogens (tertiary/aromatic N) is 1. The van der Waals surface area contributed by atoms with Crippen LogP contribution in [0.3, 0.4) is 0 Å². The van der Waals surface area contributed by atoms with Crippen LogP contribution in [0.5, 0.6) is 0 Å². The molecule has 1 aliphatic carbocycles. The van der Waals surface area contributed by atoms with Crippen LogP contribution >= 0.6 is 0 Å². The molecular weight excluding hydrogens is 360 g/mol. The maximum Gasteiger partial charge on any atom is 0.328 e. The molecule has 0 aliphatic heterocycles. The second-order valence-electron chi connectivity index (χ2n) is 7.07. The van der Waals surface area contributed by atoms with Crippen molar-refractivity contribution in [3.63, 3.8) is 0 Å². The van der Waals surface area contributed by atoms with Crippen LogP contribution in [0, 0.1) is 5.41 Å². The van der Waals surface area contributed by atoms with Crippen LogP contribution in [0.2, 0.25) is 0 Å². The van der Waals surface area contributed by atoms with E-state index in [9.17, 15) is 14.4 Å². The number of carbonyl (C=O) groups excluding carboxylic acids is 3. The Hall–Kier alpha value is -2.70. The second kappa shape index (κ2) is 9.48. The molecule has 152 valence electrons. The third kappa shape index (κ3) is 4.77. The number of rotatable bonds is 7. The standard InChI is InChI=1S/C21H28N2O5/c1-14(16-9-6-5-7-10-16)22-18-11-8-12-21(18,20(26)28-4)13-17(19(25)27-3)23-15(2)24/h5-7,9-10,14,17H,8,11-13H2,1-4H3,(H,23,24)/b22-18+/t14?,17-,21-/m0/s1. The fourth-order valence-electron chi connectivity index (χ4n) is 3.82. The molecule has 0 bridgehead atoms. The molecule has 2 rings (SSSR count). The predicted molar refractivity (Wildman–Crippen MR) is 105 cm³/mol. The maximum absolute atomic E-state index is 12.8. The van der Waals surface area contributed by atoms with Gasteiger partial charge < -0.3 is 14.8 Å². The Balaban J connectivity index is 2.41. The van der Waals surface area contributed by atoms with Gasteiger partial charge in [0.15, 0.2) is 0 Å². The van der Waals surface area contributed by atoms with Crippen molar-refractivity contribution in [2.24, 2.45) is 10.4 Å². The minimum Gasteiger partial charge on any atom is -0.468 e. The first kappa shape index (κ1) is 21.6. The highest BCUT2D eigenvalue weighted by Gasteiger charge is 2.50. The van der Waals surface area contributed by atoms with Crippen LogP contribution in [0.25, 0.3) is 0 Å². The number of nitrogens with one attached hydrogen (secondary N) is 1. The molecule has 1 unspecified atom stereocenters. The van der Waals surface area contributed by atoms with Crippen molar-refractivity contribution < 1.29 is 23.9 Å². The minimum atomic E-state index is -1.06. The highest BCUT2D eigenvalue weighted by molar-refractivity contribution is 6.08. The summed E-state index contributed by atoms with van der Waals surface area (Å²) in [5.41, 5.74) is 0.682. The first-order chi connectivity index (χ1) is 13.3. The van der Waals surface area contributed by atoms with Crippen molar-refractivity contribution in [1.29, 1.82) is 0 Å². The number of ether oxygens (including phenoxy) is 2. The van der Waals surface area contributed by atoms with E-state index in [4.69, 9.17) is 14.5 Å². The Bertz CT molecular complexity index is 746. The summed E-state index contributed by atoms with van der Waals surface area (Å²) < 4.78 is 9.91. The predicted octanol–water partition coefficient (Wildman–Crippen LogP) is 2.60. The fraction of sp³-hybridized carbons (Fsp3) is 0.524. The molecule has 0 heterocycles. The van der Waals surface area contributed by atoms with Crippen LogP contribution < -0.4 is 5.32 Å². The largest absolute Gasteiger partial charge is 0.468 e. The third-order valence-electron chi connectivity index (χ3n) is 5.19. The molecule has 1 fully saturated rings. The molecule has 1 aromatic rings. The Morgan fingerprint density at radius 1 is 1.18 bits per heavy atom. The Morgan fingerprint density at radius 2 is 1.86 bits per heavy atom. The molecule has 1 amide bonds. The summed E-state index contributed by atoms with van der Waals surface area (Å²) in [6, 6.07) is 8.70. The number of hydrogen-bond donors (Lipinski definition) is 1. The number of aliphatic imine (C=N–C) groups is 1. The van der Waals surface area contributed by atoms with Crippen molar-refractivity contribution >= 4 is 23.6 Å². The first-order valence-electron chi connectivity index (χ1n) is 9.39. The molecule has 0 radical (unpaired) electrons. The SMILES string of the molecule is COC(=O)[C@H](C[C@@]1(C(=O)OC)CCC/C1=N\C(C)c1ccccc1)NC(C)=O. The molecule has 1 saturated carbocycles. The Morgan fingerprint density at radius 3 is 2.43 bits per heavy atom. The summed E-state index contributed by atoms with van der Waals surface area (Å²) in [6.07, 6.45) is 1.96. The van der Waals surface area contributed by atoms with Crippen LogP contribution in [0.4, 0.5) is 0 Å². The summed E-state index contributed by atoms with van der Waals surface area (Å²) in [6.45, 7) is 3.29. The molecule has 0 spiro atoms. The first-order valence-corrected chi connectivity index (χ1v) is 9.39. The molecule has 7 nitrogen and oxygen atoms in total. The van der Waals surface area contributed by atoms with Crippen molar-refractivity contribution in [1.82, 2.24) is 5.32 Å². The lowest BCUT2D eigenvalue weighted by atomic mass is 9.78. The lowest BCUT2D eigenvalue weighted by Gasteiger charge is -2.31. The molecule has 0 aromatic heterocycles. The van der Waals surface area contributed by atoms with Crippen molar-refractivity contribution in [2.75, 3.05) is 14.2 Å². The fourth-order valence-corrected chi connectivity index (χ4v) is 3.82. The van der Waals surface area contributed by atoms with E-state index in [2.05, 4.69) is 5.32 Å². The van der Waals surface area contributed by atoms with Gasteiger partial charge in [0, 0.05) is 12.6 Å². The van der Waals surface area contributed by atoms with Crippen molar-refractivity contribution in [3.05, 3.63) is 35.9 Å². The molecule has 7 heteroatoms. The zero-order valence-corrected chi connectivity index (χ0v) is 16.9. The number of carbonyl (C=O) groups is 3. The zero-order valence-electron chi connectivity index (χ0n) is 16.9. The maximum atomic E-state index is 12.8. The molecular formula is C21H28N2O5. The average Bonchev–Trinajstić information content (AvgIpc) is 3.09. The number of benzene rings is 1. The van der Waals surface area contributed by atoms with Gasteiger partial charge in [0.2, 0.25) is 5.91 Å². The molecule has 1 aliphatic rings. The van der Waals surface area contributed by atoms with Crippen molar-refractivity contribution in [2.45, 2.75) is 51.6 Å². The average molecular weight is 388 g/mol. The molecule has 1 N–H and O–H groups in total. The van der Waals surface area contributed by atoms with Gasteiger partial charge in [-0.2, -0.15) is 0 Å². The summed E-state index contributed by atoms with van der Waals surface area (Å²) in [4.78, 5) is 41.4. The van der Waals surface area contributed by atoms with Gasteiger partial charge in [-0.05, 0) is 38.2 Å². The zero-order chi connectivity index (χ0) is 20.7. The lowest BCUT2D eigenvalue weighted by molar-refractivity contribution is -0.152. The van der Waals surface area contributed by atoms with Gasteiger partial charge in [0.05, 0.1) is 20.3 Å². The quantitative estimate of drug-likeness (QED) is 0.725. The van der Waals surface area contributed by atoms with Crippen LogP contribution in [0.1, 0.15) is 51.1 Å². The highest BCUT2D eigenvalue weighted by Crippen LogP contribution is 2.42. The van der Waals surface area contributed by atoms with Gasteiger partial charge in [-0.1, -0.05) is 30.3 Å². The normalized spacial score (nSPS) is 22.4. The summed E-state index contributed by atoms with van der Waals surface area (Å²) in [5.74, 6) is -1.41. The second-order valence-corrected chi connectivity index (χ2v) is 7.07. The molecule has 28 heavy (non-hydrogen) atoms. The van der Waals surface area contributed by atoms with Gasteiger partial charge in [-0.3, -0.25) is 14.6 Å². The van der Waals surface area contributed by atoms with Crippen LogP contribution in [-0.4, -0.2) is 43.8 Å². The van der Waals surface area contributed by atoms with E-state index >= 15 is 0 Å². The lowest BCUT2D eigenvalue weighted by Crippen LogP contribution is -2.48. The van der Waals surface area contributed by atoms with Gasteiger partial charge in [-0.25, -0.2) is 4.79 Å². The smallest absolute Gasteiger partial charge is 0.328 e. The number of amides is 1. The summed E-state index contributed by atoms with van der Waals surface area (Å²) in [5, 5.41) is 2.59. The van der Waals surface area contributed by atoms with E-state index < -0.39 is 23.4 Å². The molecule has 0 saturated heterocycles. The van der Waals surface area contributed by atoms with E-state index in [1.165, 1.54) is 21.1 Å². The van der Waals surface area contributed by atoms with E-state index in [0.717, 1.165) is 12.0 Å². The number of esters is 2. The topological polar surface area (TPSA) is 94.1 Å². The summed E-state index contributed by atoms with van der Waals surface area (Å²) in [7, 11) is 2.58. The van der Waals surface area contributed by atoms with E-state index in [0.29, 0.717) is 18.6 Å². The molecule has 3 atom stereocenters. The van der Waals surface area contributed by atoms with Gasteiger partial charge in [0.1, 0.15) is 11.5 Å². The van der Waals surface area contributed by atoms with Gasteiger partial charge in [0.25, 0.3) is 0 Å². The Kier molecular flexibility index (Phi) is 7.31. The number of methoxy groups -OCH3 is 2. The van der Waals surface area contributed by atoms with E-state index in [1.807, 2.05) is 37.3 Å². The monoisotopic (exact) mass is 388 g/mol. The van der Waals surface area contributed by atoms with Crippen LogP contribution in [0.15, 0.2) is 35.3 Å². The highest BCUT2D eigenvalue weighted by atomic mass is 16.5. The number of hydrogen-bond acceptors (Lipinski definition) is 6. The van der Waals surface area contributed by atoms with Gasteiger partial charge >= 0.3 is 11.9 Å². The third-order valence-corrected chi connectivity index (χ3v) is 5.19. The van der Waals surface area contributed by atoms with Crippen molar-refractivity contribution in [3.8, 4) is 0 Å². The molecule has 1 aromatic carbocycles. The van der Waals surface area contributed by atoms with E-state index in [1.54, 1.807) is 0 Å². The van der Waals surface area contributed by atoms with E-state index in [-0.39, 0.29) is 18.4 Å². The van der Waals surface area contributed by atoms with Crippen LogP contribution in [-0.2, 0) is 23.9 Å². The Labute approximate surface area is 165 Å². The summed E-state index contributed by atoms with van der Waals surface area (Å²) >= 11 is 0. The van der Waals surface area contributed by atoms with Gasteiger partial charge in [-0.15, -0.1) is 0 Å². The minimum absolute atomic E-state index is 0.0618.